The Labute approximate surface area is 90.5 Å². The minimum Gasteiger partial charge on any atom is -0.465 e. The Hall–Kier alpha value is -2.31. The average Bonchev–Trinajstić information content (AvgIpc) is 2.25. The molecule has 0 radical (unpaired) electrons. The van der Waals surface area contributed by atoms with Gasteiger partial charge in [-0.1, -0.05) is 0 Å². The number of H-pyrrole nitrogens is 1. The van der Waals surface area contributed by atoms with Crippen molar-refractivity contribution in [3.63, 3.8) is 0 Å². The number of nitrogens with one attached hydrogen (secondary N) is 3. The number of rotatable bonds is 4. The van der Waals surface area contributed by atoms with Crippen molar-refractivity contribution in [1.29, 1.82) is 0 Å². The van der Waals surface area contributed by atoms with Gasteiger partial charge in [0.15, 0.2) is 0 Å². The third-order valence-corrected chi connectivity index (χ3v) is 1.73. The molecule has 1 aromatic rings. The maximum absolute atomic E-state index is 11.4. The Morgan fingerprint density at radius 3 is 2.50 bits per heavy atom. The summed E-state index contributed by atoms with van der Waals surface area (Å²) in [7, 11) is 0. The van der Waals surface area contributed by atoms with Gasteiger partial charge in [-0.3, -0.25) is 9.59 Å². The first-order valence-electron chi connectivity index (χ1n) is 4.53. The number of carbonyl (C=O) groups excluding carboxylic acids is 1. The SMILES string of the molecule is O=C(O)NCCNC(=O)c1ccc(=O)[nH]c1. The van der Waals surface area contributed by atoms with E-state index >= 15 is 0 Å². The summed E-state index contributed by atoms with van der Waals surface area (Å²) in [5.41, 5.74) is 0.0269. The van der Waals surface area contributed by atoms with Crippen molar-refractivity contribution in [3.8, 4) is 0 Å². The van der Waals surface area contributed by atoms with Crippen LogP contribution in [0, 0.1) is 0 Å². The normalized spacial score (nSPS) is 9.50. The zero-order chi connectivity index (χ0) is 12.0. The zero-order valence-electron chi connectivity index (χ0n) is 8.32. The lowest BCUT2D eigenvalue weighted by molar-refractivity contribution is 0.0952. The van der Waals surface area contributed by atoms with Crippen LogP contribution in [-0.4, -0.2) is 35.2 Å². The van der Waals surface area contributed by atoms with Gasteiger partial charge in [0.2, 0.25) is 5.56 Å². The smallest absolute Gasteiger partial charge is 0.404 e. The van der Waals surface area contributed by atoms with Crippen molar-refractivity contribution in [3.05, 3.63) is 34.2 Å². The molecule has 0 bridgehead atoms. The van der Waals surface area contributed by atoms with E-state index in [0.29, 0.717) is 5.56 Å². The van der Waals surface area contributed by atoms with Crippen LogP contribution in [0.25, 0.3) is 0 Å². The molecule has 0 aliphatic heterocycles. The van der Waals surface area contributed by atoms with E-state index in [1.165, 1.54) is 18.3 Å². The van der Waals surface area contributed by atoms with E-state index < -0.39 is 6.09 Å². The average molecular weight is 225 g/mol. The van der Waals surface area contributed by atoms with Crippen molar-refractivity contribution in [1.82, 2.24) is 15.6 Å². The molecule has 1 rings (SSSR count). The van der Waals surface area contributed by atoms with Gasteiger partial charge in [0.25, 0.3) is 5.91 Å². The Morgan fingerprint density at radius 1 is 1.25 bits per heavy atom. The number of pyridine rings is 1. The standard InChI is InChI=1S/C9H11N3O4/c13-7-2-1-6(5-12-7)8(14)10-3-4-11-9(15)16/h1-2,5,11H,3-4H2,(H,10,14)(H,12,13)(H,15,16). The summed E-state index contributed by atoms with van der Waals surface area (Å²) in [5.74, 6) is -0.372. The van der Waals surface area contributed by atoms with Crippen LogP contribution in [0.1, 0.15) is 10.4 Å². The first-order chi connectivity index (χ1) is 7.59. The molecule has 0 spiro atoms. The molecule has 0 unspecified atom stereocenters. The van der Waals surface area contributed by atoms with Gasteiger partial charge in [-0.25, -0.2) is 4.79 Å². The maximum atomic E-state index is 11.4. The summed E-state index contributed by atoms with van der Waals surface area (Å²) in [6.45, 7) is 0.314. The second kappa shape index (κ2) is 5.54. The first kappa shape index (κ1) is 11.8. The fraction of sp³-hybridized carbons (Fsp3) is 0.222. The second-order valence-corrected chi connectivity index (χ2v) is 2.93. The molecule has 0 aromatic carbocycles. The molecule has 0 aliphatic rings. The summed E-state index contributed by atoms with van der Waals surface area (Å²) in [5, 5.41) is 12.9. The fourth-order valence-corrected chi connectivity index (χ4v) is 0.999. The van der Waals surface area contributed by atoms with Gasteiger partial charge in [-0.15, -0.1) is 0 Å². The molecule has 1 heterocycles. The van der Waals surface area contributed by atoms with Crippen LogP contribution in [0.3, 0.4) is 0 Å². The van der Waals surface area contributed by atoms with Gasteiger partial charge in [0.1, 0.15) is 0 Å². The Kier molecular flexibility index (Phi) is 4.07. The number of carbonyl (C=O) groups is 2. The summed E-state index contributed by atoms with van der Waals surface area (Å²) in [6, 6.07) is 2.63. The first-order valence-corrected chi connectivity index (χ1v) is 4.53. The molecule has 7 heteroatoms. The van der Waals surface area contributed by atoms with Gasteiger partial charge in [-0.2, -0.15) is 0 Å². The van der Waals surface area contributed by atoms with E-state index in [0.717, 1.165) is 0 Å². The van der Waals surface area contributed by atoms with Gasteiger partial charge < -0.3 is 20.7 Å². The minimum absolute atomic E-state index is 0.129. The Bertz CT molecular complexity index is 420. The molecule has 0 fully saturated rings. The number of aromatic amines is 1. The largest absolute Gasteiger partial charge is 0.465 e. The summed E-state index contributed by atoms with van der Waals surface area (Å²) >= 11 is 0. The molecular formula is C9H11N3O4. The highest BCUT2D eigenvalue weighted by Gasteiger charge is 2.04. The predicted molar refractivity (Wildman–Crippen MR) is 55.4 cm³/mol. The van der Waals surface area contributed by atoms with Gasteiger partial charge in [-0.05, 0) is 6.07 Å². The summed E-state index contributed by atoms with van der Waals surface area (Å²) in [4.78, 5) is 34.6. The number of aromatic nitrogens is 1. The quantitative estimate of drug-likeness (QED) is 0.511. The van der Waals surface area contributed by atoms with Crippen molar-refractivity contribution in [2.75, 3.05) is 13.1 Å². The topological polar surface area (TPSA) is 111 Å². The Morgan fingerprint density at radius 2 is 1.94 bits per heavy atom. The molecule has 16 heavy (non-hydrogen) atoms. The zero-order valence-corrected chi connectivity index (χ0v) is 8.32. The van der Waals surface area contributed by atoms with Crippen molar-refractivity contribution >= 4 is 12.0 Å². The highest BCUT2D eigenvalue weighted by molar-refractivity contribution is 5.93. The van der Waals surface area contributed by atoms with Crippen molar-refractivity contribution in [2.45, 2.75) is 0 Å². The van der Waals surface area contributed by atoms with Gasteiger partial charge >= 0.3 is 6.09 Å². The third-order valence-electron chi connectivity index (χ3n) is 1.73. The van der Waals surface area contributed by atoms with Crippen LogP contribution in [0.4, 0.5) is 4.79 Å². The van der Waals surface area contributed by atoms with Gasteiger partial charge in [0.05, 0.1) is 5.56 Å². The van der Waals surface area contributed by atoms with Crippen molar-refractivity contribution < 1.29 is 14.7 Å². The van der Waals surface area contributed by atoms with Crippen LogP contribution in [-0.2, 0) is 0 Å². The number of amides is 2. The lowest BCUT2D eigenvalue weighted by Gasteiger charge is -2.04. The number of hydrogen-bond acceptors (Lipinski definition) is 3. The molecule has 4 N–H and O–H groups in total. The molecule has 1 aromatic heterocycles. The Balaban J connectivity index is 2.38. The second-order valence-electron chi connectivity index (χ2n) is 2.93. The lowest BCUT2D eigenvalue weighted by Crippen LogP contribution is -2.34. The predicted octanol–water partition coefficient (Wildman–Crippen LogP) is -0.628. The van der Waals surface area contributed by atoms with Crippen LogP contribution < -0.4 is 16.2 Å². The van der Waals surface area contributed by atoms with Crippen molar-refractivity contribution in [2.24, 2.45) is 0 Å². The molecule has 0 aliphatic carbocycles. The summed E-state index contributed by atoms with van der Waals surface area (Å²) in [6.07, 6.45) is 0.153. The molecule has 2 amide bonds. The molecule has 0 atom stereocenters. The lowest BCUT2D eigenvalue weighted by atomic mass is 10.3. The van der Waals surface area contributed by atoms with E-state index in [2.05, 4.69) is 15.6 Å². The van der Waals surface area contributed by atoms with E-state index in [-0.39, 0.29) is 24.6 Å². The van der Waals surface area contributed by atoms with E-state index in [1.807, 2.05) is 0 Å². The highest BCUT2D eigenvalue weighted by atomic mass is 16.4. The number of hydrogen-bond donors (Lipinski definition) is 4. The van der Waals surface area contributed by atoms with Crippen LogP contribution in [0.5, 0.6) is 0 Å². The monoisotopic (exact) mass is 225 g/mol. The van der Waals surface area contributed by atoms with Gasteiger partial charge in [0, 0.05) is 25.4 Å². The third kappa shape index (κ3) is 3.82. The molecule has 7 nitrogen and oxygen atoms in total. The number of carboxylic acid groups (broad SMARTS) is 1. The minimum atomic E-state index is -1.14. The van der Waals surface area contributed by atoms with Crippen LogP contribution in [0.15, 0.2) is 23.1 Å². The van der Waals surface area contributed by atoms with E-state index in [4.69, 9.17) is 5.11 Å². The molecular weight excluding hydrogens is 214 g/mol. The molecule has 0 saturated heterocycles. The molecule has 0 saturated carbocycles. The molecule has 86 valence electrons. The maximum Gasteiger partial charge on any atom is 0.404 e. The highest BCUT2D eigenvalue weighted by Crippen LogP contribution is 1.91. The van der Waals surface area contributed by atoms with Crippen LogP contribution in [0.2, 0.25) is 0 Å². The van der Waals surface area contributed by atoms with E-state index in [1.54, 1.807) is 0 Å². The van der Waals surface area contributed by atoms with Crippen LogP contribution >= 0.6 is 0 Å². The summed E-state index contributed by atoms with van der Waals surface area (Å²) < 4.78 is 0. The van der Waals surface area contributed by atoms with E-state index in [9.17, 15) is 14.4 Å². The fourth-order valence-electron chi connectivity index (χ4n) is 0.999.